The number of carbonyl (C=O) groups excluding carboxylic acids is 2. The minimum absolute atomic E-state index is 0.00524. The first-order chi connectivity index (χ1) is 16.8. The van der Waals surface area contributed by atoms with Gasteiger partial charge in [-0.2, -0.15) is 0 Å². The second-order valence-corrected chi connectivity index (χ2v) is 10.5. The second-order valence-electron chi connectivity index (χ2n) is 9.69. The number of benzene rings is 2. The number of anilines is 2. The molecular weight excluding hydrogens is 480 g/mol. The molecule has 1 saturated heterocycles. The van der Waals surface area contributed by atoms with Crippen molar-refractivity contribution in [2.24, 2.45) is 5.92 Å². The lowest BCUT2D eigenvalue weighted by atomic mass is 9.78. The first kappa shape index (κ1) is 25.5. The SMILES string of the molecule is CC(C)C(=O)N1CCN(c2ccc(Cl)cc2NC(=S)NC(=O)C2(c3ccccc3)CCCC2)CC1. The van der Waals surface area contributed by atoms with E-state index in [0.717, 1.165) is 42.6 Å². The highest BCUT2D eigenvalue weighted by atomic mass is 35.5. The molecule has 0 bridgehead atoms. The number of thiocarbonyl (C=S) groups is 1. The molecule has 0 aromatic heterocycles. The molecule has 2 fully saturated rings. The number of piperazine rings is 1. The smallest absolute Gasteiger partial charge is 0.236 e. The van der Waals surface area contributed by atoms with E-state index in [2.05, 4.69) is 15.5 Å². The topological polar surface area (TPSA) is 64.7 Å². The fraction of sp³-hybridized carbons (Fsp3) is 0.444. The van der Waals surface area contributed by atoms with Crippen LogP contribution in [0.1, 0.15) is 45.1 Å². The molecule has 0 unspecified atom stereocenters. The summed E-state index contributed by atoms with van der Waals surface area (Å²) in [6.07, 6.45) is 3.67. The molecule has 6 nitrogen and oxygen atoms in total. The molecular formula is C27H33ClN4O2S. The Balaban J connectivity index is 1.46. The lowest BCUT2D eigenvalue weighted by Gasteiger charge is -2.37. The lowest BCUT2D eigenvalue weighted by Crippen LogP contribution is -2.50. The quantitative estimate of drug-likeness (QED) is 0.554. The Kier molecular flexibility index (Phi) is 7.97. The highest BCUT2D eigenvalue weighted by Gasteiger charge is 2.42. The molecule has 2 aromatic carbocycles. The van der Waals surface area contributed by atoms with Crippen LogP contribution in [0.15, 0.2) is 48.5 Å². The molecule has 2 amide bonds. The number of amides is 2. The van der Waals surface area contributed by atoms with Crippen LogP contribution >= 0.6 is 23.8 Å². The third kappa shape index (κ3) is 5.62. The molecule has 0 atom stereocenters. The highest BCUT2D eigenvalue weighted by molar-refractivity contribution is 7.80. The summed E-state index contributed by atoms with van der Waals surface area (Å²) in [5, 5.41) is 7.02. The van der Waals surface area contributed by atoms with Gasteiger partial charge in [0.25, 0.3) is 0 Å². The summed E-state index contributed by atoms with van der Waals surface area (Å²) >= 11 is 11.9. The van der Waals surface area contributed by atoms with Gasteiger partial charge in [-0.3, -0.25) is 9.59 Å². The third-order valence-corrected chi connectivity index (χ3v) is 7.52. The maximum atomic E-state index is 13.5. The molecule has 1 heterocycles. The number of nitrogens with one attached hydrogen (secondary N) is 2. The van der Waals surface area contributed by atoms with Crippen LogP contribution in [-0.4, -0.2) is 48.0 Å². The fourth-order valence-corrected chi connectivity index (χ4v) is 5.55. The van der Waals surface area contributed by atoms with E-state index >= 15 is 0 Å². The molecule has 1 saturated carbocycles. The number of carbonyl (C=O) groups is 2. The minimum Gasteiger partial charge on any atom is -0.366 e. The van der Waals surface area contributed by atoms with E-state index in [9.17, 15) is 9.59 Å². The van der Waals surface area contributed by atoms with Gasteiger partial charge in [-0.05, 0) is 48.8 Å². The van der Waals surface area contributed by atoms with Crippen molar-refractivity contribution in [1.82, 2.24) is 10.2 Å². The van der Waals surface area contributed by atoms with Gasteiger partial charge in [-0.15, -0.1) is 0 Å². The zero-order valence-electron chi connectivity index (χ0n) is 20.4. The number of nitrogens with zero attached hydrogens (tertiary/aromatic N) is 2. The van der Waals surface area contributed by atoms with Gasteiger partial charge in [0.1, 0.15) is 0 Å². The molecule has 186 valence electrons. The summed E-state index contributed by atoms with van der Waals surface area (Å²) in [7, 11) is 0. The van der Waals surface area contributed by atoms with Gasteiger partial charge in [-0.1, -0.05) is 68.6 Å². The summed E-state index contributed by atoms with van der Waals surface area (Å²) in [6.45, 7) is 6.62. The Morgan fingerprint density at radius 1 is 1.00 bits per heavy atom. The predicted octanol–water partition coefficient (Wildman–Crippen LogP) is 4.97. The predicted molar refractivity (Wildman–Crippen MR) is 146 cm³/mol. The molecule has 2 aliphatic rings. The minimum atomic E-state index is -0.552. The van der Waals surface area contributed by atoms with Crippen molar-refractivity contribution >= 4 is 52.1 Å². The highest BCUT2D eigenvalue weighted by Crippen LogP contribution is 2.41. The van der Waals surface area contributed by atoms with Gasteiger partial charge in [0.15, 0.2) is 5.11 Å². The van der Waals surface area contributed by atoms with E-state index in [-0.39, 0.29) is 22.8 Å². The molecule has 4 rings (SSSR count). The van der Waals surface area contributed by atoms with Crippen LogP contribution in [0.5, 0.6) is 0 Å². The van der Waals surface area contributed by atoms with Crippen molar-refractivity contribution in [2.45, 2.75) is 44.9 Å². The Hall–Kier alpha value is -2.64. The van der Waals surface area contributed by atoms with Crippen LogP contribution < -0.4 is 15.5 Å². The van der Waals surface area contributed by atoms with Crippen LogP contribution in [0, 0.1) is 5.92 Å². The van der Waals surface area contributed by atoms with Crippen molar-refractivity contribution < 1.29 is 9.59 Å². The van der Waals surface area contributed by atoms with Crippen LogP contribution in [0.2, 0.25) is 5.02 Å². The Morgan fingerprint density at radius 3 is 2.29 bits per heavy atom. The Morgan fingerprint density at radius 2 is 1.66 bits per heavy atom. The average Bonchev–Trinajstić information content (AvgIpc) is 3.36. The van der Waals surface area contributed by atoms with E-state index in [4.69, 9.17) is 23.8 Å². The van der Waals surface area contributed by atoms with Gasteiger partial charge < -0.3 is 20.4 Å². The first-order valence-corrected chi connectivity index (χ1v) is 13.1. The molecule has 2 aromatic rings. The maximum absolute atomic E-state index is 13.5. The maximum Gasteiger partial charge on any atom is 0.236 e. The number of rotatable bonds is 5. The molecule has 0 radical (unpaired) electrons. The third-order valence-electron chi connectivity index (χ3n) is 7.08. The monoisotopic (exact) mass is 512 g/mol. The Bertz CT molecular complexity index is 1080. The summed E-state index contributed by atoms with van der Waals surface area (Å²) in [4.78, 5) is 30.0. The lowest BCUT2D eigenvalue weighted by molar-refractivity contribution is -0.134. The van der Waals surface area contributed by atoms with Crippen LogP contribution in [-0.2, 0) is 15.0 Å². The zero-order chi connectivity index (χ0) is 25.0. The summed E-state index contributed by atoms with van der Waals surface area (Å²) in [5.74, 6) is 0.111. The molecule has 0 spiro atoms. The first-order valence-electron chi connectivity index (χ1n) is 12.3. The van der Waals surface area contributed by atoms with Gasteiger partial charge >= 0.3 is 0 Å². The second kappa shape index (κ2) is 11.0. The van der Waals surface area contributed by atoms with E-state index in [1.54, 1.807) is 0 Å². The van der Waals surface area contributed by atoms with Crippen molar-refractivity contribution in [3.63, 3.8) is 0 Å². The molecule has 1 aliphatic heterocycles. The largest absolute Gasteiger partial charge is 0.366 e. The van der Waals surface area contributed by atoms with E-state index in [0.29, 0.717) is 31.2 Å². The number of hydrogen-bond donors (Lipinski definition) is 2. The van der Waals surface area contributed by atoms with Crippen LogP contribution in [0.3, 0.4) is 0 Å². The van der Waals surface area contributed by atoms with Crippen molar-refractivity contribution in [3.05, 3.63) is 59.1 Å². The van der Waals surface area contributed by atoms with Crippen LogP contribution in [0.4, 0.5) is 11.4 Å². The van der Waals surface area contributed by atoms with E-state index in [1.807, 2.05) is 67.3 Å². The molecule has 2 N–H and O–H groups in total. The standard InChI is InChI=1S/C27H33ClN4O2S/c1-19(2)24(33)32-16-14-31(15-17-32)23-11-10-21(28)18-22(23)29-26(35)30-25(34)27(12-6-7-13-27)20-8-4-3-5-9-20/h3-5,8-11,18-19H,6-7,12-17H2,1-2H3,(H2,29,30,34,35). The van der Waals surface area contributed by atoms with Gasteiger partial charge in [0, 0.05) is 37.1 Å². The molecule has 1 aliphatic carbocycles. The van der Waals surface area contributed by atoms with Crippen LogP contribution in [0.25, 0.3) is 0 Å². The van der Waals surface area contributed by atoms with Crippen molar-refractivity contribution in [1.29, 1.82) is 0 Å². The van der Waals surface area contributed by atoms with E-state index in [1.165, 1.54) is 0 Å². The number of halogens is 1. The van der Waals surface area contributed by atoms with Gasteiger partial charge in [-0.25, -0.2) is 0 Å². The zero-order valence-corrected chi connectivity index (χ0v) is 21.9. The summed E-state index contributed by atoms with van der Waals surface area (Å²) in [6, 6.07) is 15.6. The Labute approximate surface area is 218 Å². The van der Waals surface area contributed by atoms with Crippen molar-refractivity contribution in [3.8, 4) is 0 Å². The molecule has 35 heavy (non-hydrogen) atoms. The summed E-state index contributed by atoms with van der Waals surface area (Å²) < 4.78 is 0. The van der Waals surface area contributed by atoms with Gasteiger partial charge in [0.2, 0.25) is 11.8 Å². The average molecular weight is 513 g/mol. The fourth-order valence-electron chi connectivity index (χ4n) is 5.18. The van der Waals surface area contributed by atoms with Crippen molar-refractivity contribution in [2.75, 3.05) is 36.4 Å². The molecule has 8 heteroatoms. The van der Waals surface area contributed by atoms with Gasteiger partial charge in [0.05, 0.1) is 16.8 Å². The normalized spacial score (nSPS) is 17.4. The summed E-state index contributed by atoms with van der Waals surface area (Å²) in [5.41, 5.74) is 2.17. The number of hydrogen-bond acceptors (Lipinski definition) is 4. The van der Waals surface area contributed by atoms with E-state index < -0.39 is 5.41 Å².